The Labute approximate surface area is 85.8 Å². The molecule has 0 aliphatic carbocycles. The molecule has 3 rings (SSSR count). The van der Waals surface area contributed by atoms with Crippen molar-refractivity contribution in [3.63, 3.8) is 0 Å². The third kappa shape index (κ3) is 1.13. The molecule has 0 saturated carbocycles. The summed E-state index contributed by atoms with van der Waals surface area (Å²) < 4.78 is 0. The van der Waals surface area contributed by atoms with Crippen LogP contribution in [-0.4, -0.2) is 16.3 Å². The van der Waals surface area contributed by atoms with Crippen LogP contribution in [0.15, 0.2) is 36.5 Å². The topological polar surface area (TPSA) is 45.8 Å². The summed E-state index contributed by atoms with van der Waals surface area (Å²) in [6.45, 7) is 0. The van der Waals surface area contributed by atoms with Crippen molar-refractivity contribution >= 4 is 28.1 Å². The summed E-state index contributed by atoms with van der Waals surface area (Å²) in [5.74, 6) is 0. The van der Waals surface area contributed by atoms with Crippen LogP contribution in [0.5, 0.6) is 0 Å². The van der Waals surface area contributed by atoms with E-state index in [0.717, 1.165) is 28.1 Å². The van der Waals surface area contributed by atoms with Crippen molar-refractivity contribution in [2.45, 2.75) is 0 Å². The molecule has 0 amide bonds. The van der Waals surface area contributed by atoms with Crippen molar-refractivity contribution in [1.29, 1.82) is 0 Å². The molecule has 0 fully saturated rings. The molecule has 1 N–H and O–H groups in total. The molecular weight excluding hydrogens is 188 g/mol. The fourth-order valence-corrected chi connectivity index (χ4v) is 1.78. The van der Waals surface area contributed by atoms with Gasteiger partial charge in [0.15, 0.2) is 6.29 Å². The Morgan fingerprint density at radius 1 is 1.20 bits per heavy atom. The van der Waals surface area contributed by atoms with Crippen LogP contribution in [0, 0.1) is 0 Å². The van der Waals surface area contributed by atoms with Gasteiger partial charge in [-0.3, -0.25) is 4.79 Å². The maximum absolute atomic E-state index is 10.8. The molecular formula is C12H8N2O. The van der Waals surface area contributed by atoms with Gasteiger partial charge in [-0.05, 0) is 12.1 Å². The second-order valence-electron chi connectivity index (χ2n) is 3.43. The Hall–Kier alpha value is -2.16. The number of rotatable bonds is 1. The van der Waals surface area contributed by atoms with Crippen LogP contribution >= 0.6 is 0 Å². The quantitative estimate of drug-likeness (QED) is 0.608. The van der Waals surface area contributed by atoms with E-state index >= 15 is 0 Å². The number of carbonyl (C=O) groups is 1. The standard InChI is InChI=1S/C12H8N2O/c15-7-12-9-5-8-3-1-2-4-10(8)14-11(9)6-13-12/h1-7,13H. The molecule has 0 aliphatic heterocycles. The SMILES string of the molecule is O=Cc1[nH]cc2nc3ccccc3cc12. The second kappa shape index (κ2) is 2.92. The number of hydrogen-bond acceptors (Lipinski definition) is 2. The molecule has 3 aromatic rings. The highest BCUT2D eigenvalue weighted by Crippen LogP contribution is 2.21. The van der Waals surface area contributed by atoms with E-state index in [1.54, 1.807) is 6.20 Å². The van der Waals surface area contributed by atoms with E-state index in [0.29, 0.717) is 5.69 Å². The monoisotopic (exact) mass is 196 g/mol. The Morgan fingerprint density at radius 3 is 2.93 bits per heavy atom. The van der Waals surface area contributed by atoms with Gasteiger partial charge in [-0.15, -0.1) is 0 Å². The second-order valence-corrected chi connectivity index (χ2v) is 3.43. The number of fused-ring (bicyclic) bond motifs is 2. The number of benzene rings is 1. The molecule has 0 spiro atoms. The largest absolute Gasteiger partial charge is 0.357 e. The number of nitrogens with one attached hydrogen (secondary N) is 1. The first-order valence-corrected chi connectivity index (χ1v) is 4.70. The van der Waals surface area contributed by atoms with Gasteiger partial charge in [0, 0.05) is 17.0 Å². The zero-order valence-corrected chi connectivity index (χ0v) is 7.90. The molecule has 15 heavy (non-hydrogen) atoms. The van der Waals surface area contributed by atoms with Gasteiger partial charge in [-0.25, -0.2) is 4.98 Å². The molecule has 0 unspecified atom stereocenters. The number of hydrogen-bond donors (Lipinski definition) is 1. The van der Waals surface area contributed by atoms with Crippen LogP contribution in [0.3, 0.4) is 0 Å². The van der Waals surface area contributed by atoms with Crippen LogP contribution < -0.4 is 0 Å². The van der Waals surface area contributed by atoms with Crippen molar-refractivity contribution in [2.24, 2.45) is 0 Å². The highest BCUT2D eigenvalue weighted by Gasteiger charge is 2.04. The summed E-state index contributed by atoms with van der Waals surface area (Å²) in [6, 6.07) is 9.85. The lowest BCUT2D eigenvalue weighted by molar-refractivity contribution is 0.112. The molecule has 2 aromatic heterocycles. The van der Waals surface area contributed by atoms with E-state index in [1.165, 1.54) is 0 Å². The number of aromatic nitrogens is 2. The first kappa shape index (κ1) is 8.17. The summed E-state index contributed by atoms with van der Waals surface area (Å²) >= 11 is 0. The van der Waals surface area contributed by atoms with Gasteiger partial charge in [0.05, 0.1) is 16.7 Å². The highest BCUT2D eigenvalue weighted by atomic mass is 16.1. The van der Waals surface area contributed by atoms with Crippen LogP contribution in [-0.2, 0) is 0 Å². The van der Waals surface area contributed by atoms with Crippen molar-refractivity contribution < 1.29 is 4.79 Å². The van der Waals surface area contributed by atoms with Crippen molar-refractivity contribution in [2.75, 3.05) is 0 Å². The lowest BCUT2D eigenvalue weighted by Crippen LogP contribution is -1.81. The fraction of sp³-hybridized carbons (Fsp3) is 0. The Morgan fingerprint density at radius 2 is 2.07 bits per heavy atom. The zero-order chi connectivity index (χ0) is 10.3. The summed E-state index contributed by atoms with van der Waals surface area (Å²) in [5, 5.41) is 1.93. The maximum Gasteiger partial charge on any atom is 0.166 e. The van der Waals surface area contributed by atoms with E-state index < -0.39 is 0 Å². The van der Waals surface area contributed by atoms with E-state index in [1.807, 2.05) is 30.3 Å². The molecule has 2 heterocycles. The van der Waals surface area contributed by atoms with Gasteiger partial charge in [0.1, 0.15) is 0 Å². The Bertz CT molecular complexity index is 655. The average Bonchev–Trinajstić information content (AvgIpc) is 2.68. The molecule has 0 atom stereocenters. The third-order valence-electron chi connectivity index (χ3n) is 2.53. The first-order valence-electron chi connectivity index (χ1n) is 4.70. The minimum absolute atomic E-state index is 0.586. The van der Waals surface area contributed by atoms with E-state index in [-0.39, 0.29) is 0 Å². The lowest BCUT2D eigenvalue weighted by Gasteiger charge is -1.96. The predicted octanol–water partition coefficient (Wildman–Crippen LogP) is 2.53. The van der Waals surface area contributed by atoms with Crippen molar-refractivity contribution in [3.8, 4) is 0 Å². The van der Waals surface area contributed by atoms with E-state index in [4.69, 9.17) is 0 Å². The van der Waals surface area contributed by atoms with Gasteiger partial charge in [-0.2, -0.15) is 0 Å². The molecule has 0 radical (unpaired) electrons. The Balaban J connectivity index is 2.50. The normalized spacial score (nSPS) is 10.9. The fourth-order valence-electron chi connectivity index (χ4n) is 1.78. The minimum Gasteiger partial charge on any atom is -0.357 e. The molecule has 3 nitrogen and oxygen atoms in total. The van der Waals surface area contributed by atoms with E-state index in [2.05, 4.69) is 9.97 Å². The van der Waals surface area contributed by atoms with Crippen LogP contribution in [0.25, 0.3) is 21.8 Å². The van der Waals surface area contributed by atoms with Crippen molar-refractivity contribution in [1.82, 2.24) is 9.97 Å². The Kier molecular flexibility index (Phi) is 1.59. The smallest absolute Gasteiger partial charge is 0.166 e. The summed E-state index contributed by atoms with van der Waals surface area (Å²) in [7, 11) is 0. The number of H-pyrrole nitrogens is 1. The third-order valence-corrected chi connectivity index (χ3v) is 2.53. The van der Waals surface area contributed by atoms with Crippen LogP contribution in [0.2, 0.25) is 0 Å². The predicted molar refractivity (Wildman–Crippen MR) is 59.0 cm³/mol. The van der Waals surface area contributed by atoms with Gasteiger partial charge in [0.2, 0.25) is 0 Å². The number of aromatic amines is 1. The van der Waals surface area contributed by atoms with Gasteiger partial charge in [0.25, 0.3) is 0 Å². The minimum atomic E-state index is 0.586. The molecule has 72 valence electrons. The summed E-state index contributed by atoms with van der Waals surface area (Å²) in [4.78, 5) is 18.1. The van der Waals surface area contributed by atoms with Gasteiger partial charge < -0.3 is 4.98 Å². The zero-order valence-electron chi connectivity index (χ0n) is 7.90. The lowest BCUT2D eigenvalue weighted by atomic mass is 10.1. The summed E-state index contributed by atoms with van der Waals surface area (Å²) in [5.41, 5.74) is 2.36. The number of para-hydroxylation sites is 1. The van der Waals surface area contributed by atoms with Crippen molar-refractivity contribution in [3.05, 3.63) is 42.2 Å². The first-order chi connectivity index (χ1) is 7.38. The average molecular weight is 196 g/mol. The molecule has 0 saturated heterocycles. The summed E-state index contributed by atoms with van der Waals surface area (Å²) in [6.07, 6.45) is 2.57. The maximum atomic E-state index is 10.8. The molecule has 0 bridgehead atoms. The van der Waals surface area contributed by atoms with E-state index in [9.17, 15) is 4.79 Å². The van der Waals surface area contributed by atoms with Crippen LogP contribution in [0.4, 0.5) is 0 Å². The van der Waals surface area contributed by atoms with Gasteiger partial charge >= 0.3 is 0 Å². The molecule has 1 aromatic carbocycles. The molecule has 3 heteroatoms. The number of nitrogens with zero attached hydrogens (tertiary/aromatic N) is 1. The highest BCUT2D eigenvalue weighted by molar-refractivity contribution is 6.00. The number of aldehydes is 1. The van der Waals surface area contributed by atoms with Gasteiger partial charge in [-0.1, -0.05) is 18.2 Å². The number of carbonyl (C=O) groups excluding carboxylic acids is 1. The van der Waals surface area contributed by atoms with Crippen LogP contribution in [0.1, 0.15) is 10.5 Å². The molecule has 0 aliphatic rings. The number of pyridine rings is 1.